The molecular weight excluding hydrogens is 526 g/mol. The highest BCUT2D eigenvalue weighted by atomic mass is 35.5. The van der Waals surface area contributed by atoms with Crippen LogP contribution in [0.5, 0.6) is 5.75 Å². The highest BCUT2D eigenvalue weighted by molar-refractivity contribution is 6.34. The molecule has 0 aliphatic heterocycles. The van der Waals surface area contributed by atoms with Crippen LogP contribution in [0.25, 0.3) is 0 Å². The van der Waals surface area contributed by atoms with Crippen LogP contribution in [0.15, 0.2) is 36.4 Å². The highest BCUT2D eigenvalue weighted by Crippen LogP contribution is 2.34. The summed E-state index contributed by atoms with van der Waals surface area (Å²) in [5.41, 5.74) is 5.73. The number of aromatic hydroxyl groups is 1. The van der Waals surface area contributed by atoms with Crippen LogP contribution in [0.4, 0.5) is 10.5 Å². The van der Waals surface area contributed by atoms with E-state index in [1.165, 1.54) is 6.07 Å². The number of alkyl carbamates (subject to hydrolysis) is 1. The van der Waals surface area contributed by atoms with Gasteiger partial charge in [0.1, 0.15) is 30.0 Å². The first-order chi connectivity index (χ1) is 18.2. The Hall–Kier alpha value is -4.30. The molecule has 2 aromatic rings. The quantitative estimate of drug-likeness (QED) is 0.341. The number of hydrogen-bond donors (Lipinski definition) is 4. The van der Waals surface area contributed by atoms with E-state index >= 15 is 0 Å². The maximum atomic E-state index is 13.8. The van der Waals surface area contributed by atoms with Crippen molar-refractivity contribution < 1.29 is 29.0 Å². The Bertz CT molecular complexity index is 1280. The molecule has 2 unspecified atom stereocenters. The molecule has 0 fully saturated rings. The van der Waals surface area contributed by atoms with Crippen LogP contribution in [0.1, 0.15) is 49.9 Å². The predicted octanol–water partition coefficient (Wildman–Crippen LogP) is 3.46. The Labute approximate surface area is 231 Å². The van der Waals surface area contributed by atoms with Gasteiger partial charge < -0.3 is 31.1 Å². The fourth-order valence-electron chi connectivity index (χ4n) is 3.76. The zero-order valence-electron chi connectivity index (χ0n) is 22.4. The minimum Gasteiger partial charge on any atom is -0.507 e. The molecule has 12 heteroatoms. The number of para-hydroxylation sites is 2. The minimum absolute atomic E-state index is 0.0101. The SMILES string of the molecule is Cc1cccc(C(C(=O)Nc2c(C)cccc2Cl)N(CC#N)C(=O)C(CC(N)=O)NC(=O)OC(C)(C)C)c1O. The van der Waals surface area contributed by atoms with E-state index in [2.05, 4.69) is 10.6 Å². The Morgan fingerprint density at radius 2 is 1.74 bits per heavy atom. The Morgan fingerprint density at radius 1 is 1.13 bits per heavy atom. The molecule has 0 saturated heterocycles. The summed E-state index contributed by atoms with van der Waals surface area (Å²) < 4.78 is 5.20. The monoisotopic (exact) mass is 557 g/mol. The Balaban J connectivity index is 2.62. The molecule has 2 rings (SSSR count). The number of amides is 4. The third-order valence-electron chi connectivity index (χ3n) is 5.51. The van der Waals surface area contributed by atoms with Crippen molar-refractivity contribution in [2.75, 3.05) is 11.9 Å². The van der Waals surface area contributed by atoms with E-state index in [0.717, 1.165) is 4.90 Å². The normalized spacial score (nSPS) is 12.4. The molecule has 0 heterocycles. The average molecular weight is 558 g/mol. The maximum absolute atomic E-state index is 13.8. The lowest BCUT2D eigenvalue weighted by Crippen LogP contribution is -2.53. The second-order valence-corrected chi connectivity index (χ2v) is 10.2. The summed E-state index contributed by atoms with van der Waals surface area (Å²) in [5.74, 6) is -2.98. The molecule has 2 aromatic carbocycles. The van der Waals surface area contributed by atoms with Gasteiger partial charge in [0.05, 0.1) is 23.2 Å². The van der Waals surface area contributed by atoms with Crippen molar-refractivity contribution in [3.63, 3.8) is 0 Å². The summed E-state index contributed by atoms with van der Waals surface area (Å²) in [5, 5.41) is 25.7. The number of aryl methyl sites for hydroxylation is 2. The number of anilines is 1. The van der Waals surface area contributed by atoms with E-state index in [1.807, 2.05) is 6.07 Å². The summed E-state index contributed by atoms with van der Waals surface area (Å²) in [6.07, 6.45) is -1.65. The van der Waals surface area contributed by atoms with E-state index in [-0.39, 0.29) is 22.0 Å². The largest absolute Gasteiger partial charge is 0.507 e. The number of phenolic OH excluding ortho intramolecular Hbond substituents is 1. The van der Waals surface area contributed by atoms with Crippen molar-refractivity contribution in [1.29, 1.82) is 5.26 Å². The van der Waals surface area contributed by atoms with Gasteiger partial charge in [-0.3, -0.25) is 14.4 Å². The highest BCUT2D eigenvalue weighted by Gasteiger charge is 2.38. The molecular formula is C27H32ClN5O6. The molecule has 0 saturated carbocycles. The Morgan fingerprint density at radius 3 is 2.31 bits per heavy atom. The number of nitrogens with two attached hydrogens (primary N) is 1. The number of rotatable bonds is 9. The van der Waals surface area contributed by atoms with Crippen molar-refractivity contribution in [2.45, 2.75) is 58.7 Å². The average Bonchev–Trinajstić information content (AvgIpc) is 2.81. The van der Waals surface area contributed by atoms with Crippen molar-refractivity contribution in [2.24, 2.45) is 5.73 Å². The van der Waals surface area contributed by atoms with Gasteiger partial charge in [-0.25, -0.2) is 4.79 Å². The molecule has 0 aliphatic carbocycles. The number of hydrogen-bond acceptors (Lipinski definition) is 7. The molecule has 208 valence electrons. The van der Waals surface area contributed by atoms with Crippen LogP contribution in [0, 0.1) is 25.2 Å². The van der Waals surface area contributed by atoms with Crippen molar-refractivity contribution >= 4 is 41.1 Å². The van der Waals surface area contributed by atoms with E-state index in [1.54, 1.807) is 65.0 Å². The summed E-state index contributed by atoms with van der Waals surface area (Å²) in [6, 6.07) is 8.26. The first-order valence-electron chi connectivity index (χ1n) is 12.0. The van der Waals surface area contributed by atoms with Crippen molar-refractivity contribution in [1.82, 2.24) is 10.2 Å². The number of nitrogens with zero attached hydrogens (tertiary/aromatic N) is 2. The predicted molar refractivity (Wildman–Crippen MR) is 145 cm³/mol. The van der Waals surface area contributed by atoms with Crippen molar-refractivity contribution in [3.8, 4) is 11.8 Å². The third-order valence-corrected chi connectivity index (χ3v) is 5.83. The first kappa shape index (κ1) is 30.9. The van der Waals surface area contributed by atoms with Gasteiger partial charge in [0.25, 0.3) is 5.91 Å². The fourth-order valence-corrected chi connectivity index (χ4v) is 4.03. The molecule has 0 aromatic heterocycles. The summed E-state index contributed by atoms with van der Waals surface area (Å²) >= 11 is 6.29. The summed E-state index contributed by atoms with van der Waals surface area (Å²) in [7, 11) is 0. The second kappa shape index (κ2) is 13.0. The number of ether oxygens (including phenoxy) is 1. The lowest BCUT2D eigenvalue weighted by molar-refractivity contribution is -0.141. The van der Waals surface area contributed by atoms with Gasteiger partial charge in [0, 0.05) is 5.56 Å². The second-order valence-electron chi connectivity index (χ2n) is 9.83. The van der Waals surface area contributed by atoms with E-state index in [9.17, 15) is 29.5 Å². The molecule has 5 N–H and O–H groups in total. The molecule has 2 atom stereocenters. The summed E-state index contributed by atoms with van der Waals surface area (Å²) in [6.45, 7) is 7.50. The number of carbonyl (C=O) groups excluding carboxylic acids is 4. The van der Waals surface area contributed by atoms with E-state index in [4.69, 9.17) is 22.1 Å². The minimum atomic E-state index is -1.57. The molecule has 11 nitrogen and oxygen atoms in total. The van der Waals surface area contributed by atoms with Crippen molar-refractivity contribution in [3.05, 3.63) is 58.1 Å². The van der Waals surface area contributed by atoms with E-state index in [0.29, 0.717) is 11.1 Å². The van der Waals surface area contributed by atoms with Crippen LogP contribution >= 0.6 is 11.6 Å². The number of phenols is 1. The first-order valence-corrected chi connectivity index (χ1v) is 12.3. The smallest absolute Gasteiger partial charge is 0.408 e. The molecule has 0 aliphatic rings. The number of nitrogens with one attached hydrogen (secondary N) is 2. The van der Waals surface area contributed by atoms with Gasteiger partial charge in [-0.15, -0.1) is 0 Å². The lowest BCUT2D eigenvalue weighted by Gasteiger charge is -2.33. The van der Waals surface area contributed by atoms with Gasteiger partial charge in [0.15, 0.2) is 0 Å². The van der Waals surface area contributed by atoms with E-state index < -0.39 is 54.5 Å². The van der Waals surface area contributed by atoms with Gasteiger partial charge in [0.2, 0.25) is 11.8 Å². The third kappa shape index (κ3) is 8.35. The number of carbonyl (C=O) groups is 4. The molecule has 4 amide bonds. The standard InChI is InChI=1S/C27H32ClN5O6/c1-15-8-7-11-18(28)21(15)32-24(36)22(17-10-6-9-16(2)23(17)35)33(13-12-29)25(37)19(14-20(30)34)31-26(38)39-27(3,4)5/h6-11,19,22,35H,13-14H2,1-5H3,(H2,30,34)(H,31,38)(H,32,36). The number of benzene rings is 2. The topological polar surface area (TPSA) is 175 Å². The van der Waals surface area contributed by atoms with Crippen LogP contribution in [-0.4, -0.2) is 52.0 Å². The Kier molecular flexibility index (Phi) is 10.3. The molecule has 0 spiro atoms. The van der Waals surface area contributed by atoms with Crippen LogP contribution in [0.2, 0.25) is 5.02 Å². The van der Waals surface area contributed by atoms with Crippen LogP contribution < -0.4 is 16.4 Å². The molecule has 0 bridgehead atoms. The fraction of sp³-hybridized carbons (Fsp3) is 0.370. The van der Waals surface area contributed by atoms with Gasteiger partial charge in [-0.1, -0.05) is 41.9 Å². The van der Waals surface area contributed by atoms with Gasteiger partial charge in [-0.2, -0.15) is 5.26 Å². The van der Waals surface area contributed by atoms with Gasteiger partial charge in [-0.05, 0) is 51.8 Å². The van der Waals surface area contributed by atoms with Crippen LogP contribution in [-0.2, 0) is 19.1 Å². The van der Waals surface area contributed by atoms with Gasteiger partial charge >= 0.3 is 6.09 Å². The molecule has 0 radical (unpaired) electrons. The number of primary amides is 1. The maximum Gasteiger partial charge on any atom is 0.408 e. The lowest BCUT2D eigenvalue weighted by atomic mass is 9.98. The summed E-state index contributed by atoms with van der Waals surface area (Å²) in [4.78, 5) is 52.7. The number of halogens is 1. The number of nitriles is 1. The van der Waals surface area contributed by atoms with Crippen LogP contribution in [0.3, 0.4) is 0 Å². The zero-order valence-corrected chi connectivity index (χ0v) is 23.1. The zero-order chi connectivity index (χ0) is 29.5. The molecule has 39 heavy (non-hydrogen) atoms.